The third-order valence-corrected chi connectivity index (χ3v) is 11.2. The molecule has 0 radical (unpaired) electrons. The van der Waals surface area contributed by atoms with E-state index in [-0.39, 0.29) is 45.7 Å². The predicted molar refractivity (Wildman–Crippen MR) is 138 cm³/mol. The number of aryl methyl sites for hydroxylation is 1. The number of nitrogens with one attached hydrogen (secondary N) is 2. The van der Waals surface area contributed by atoms with E-state index >= 15 is 0 Å². The molecule has 35 heavy (non-hydrogen) atoms. The quantitative estimate of drug-likeness (QED) is 0.329. The maximum atomic E-state index is 13.6. The van der Waals surface area contributed by atoms with Gasteiger partial charge in [0.2, 0.25) is 5.91 Å². The molecule has 2 bridgehead atoms. The average molecular weight is 570 g/mol. The van der Waals surface area contributed by atoms with Gasteiger partial charge >= 0.3 is 10.8 Å². The first-order chi connectivity index (χ1) is 16.9. The minimum atomic E-state index is -0.496. The molecule has 6 nitrogen and oxygen atoms in total. The van der Waals surface area contributed by atoms with E-state index in [2.05, 4.69) is 26.2 Å². The van der Waals surface area contributed by atoms with Gasteiger partial charge in [-0.3, -0.25) is 14.4 Å². The standard InChI is InChI=1S/C26H21BrN2O4S2/c1-10-2-5-12(6-3-10)28-23(30)19-15-9-14-18-17(22-24(34-21(15)18)29-26(32)35-22)13-8-11(27)4-7-16(13)33-25(31)20(14)19/h2-8,14-15,17-21H,9H2,1H3,(H,28,30)(H,29,32)/t14-,15-,17+,18-,19-,20+,21+/m1/s1. The van der Waals surface area contributed by atoms with Crippen molar-refractivity contribution in [1.82, 2.24) is 4.98 Å². The molecule has 7 rings (SSSR count). The van der Waals surface area contributed by atoms with Gasteiger partial charge in [-0.25, -0.2) is 0 Å². The van der Waals surface area contributed by atoms with Crippen LogP contribution >= 0.6 is 39.0 Å². The number of hydrogen-bond donors (Lipinski definition) is 2. The van der Waals surface area contributed by atoms with Crippen molar-refractivity contribution < 1.29 is 14.3 Å². The lowest BCUT2D eigenvalue weighted by atomic mass is 9.66. The molecular formula is C26H21BrN2O4S2. The van der Waals surface area contributed by atoms with Crippen LogP contribution in [0.3, 0.4) is 0 Å². The molecule has 2 aromatic carbocycles. The fraction of sp³-hybridized carbons (Fsp3) is 0.346. The number of thiazole rings is 1. The van der Waals surface area contributed by atoms with E-state index in [4.69, 9.17) is 4.74 Å². The summed E-state index contributed by atoms with van der Waals surface area (Å²) in [5.41, 5.74) is 2.78. The lowest BCUT2D eigenvalue weighted by Crippen LogP contribution is -2.50. The summed E-state index contributed by atoms with van der Waals surface area (Å²) in [5.74, 6) is -0.701. The third kappa shape index (κ3) is 3.24. The zero-order chi connectivity index (χ0) is 24.0. The number of H-pyrrole nitrogens is 1. The number of aromatic nitrogens is 1. The molecule has 0 unspecified atom stereocenters. The van der Waals surface area contributed by atoms with Crippen LogP contribution in [0.2, 0.25) is 0 Å². The van der Waals surface area contributed by atoms with Crippen LogP contribution in [0, 0.1) is 36.5 Å². The van der Waals surface area contributed by atoms with Crippen LogP contribution < -0.4 is 14.9 Å². The van der Waals surface area contributed by atoms with Crippen LogP contribution in [0.25, 0.3) is 0 Å². The second-order valence-corrected chi connectivity index (χ2v) is 13.0. The number of anilines is 1. The number of carbonyl (C=O) groups is 2. The molecule has 3 aromatic rings. The van der Waals surface area contributed by atoms with Crippen LogP contribution in [0.5, 0.6) is 5.75 Å². The predicted octanol–water partition coefficient (Wildman–Crippen LogP) is 5.17. The van der Waals surface area contributed by atoms with Gasteiger partial charge in [-0.1, -0.05) is 45.0 Å². The first-order valence-electron chi connectivity index (χ1n) is 11.7. The first kappa shape index (κ1) is 21.9. The van der Waals surface area contributed by atoms with Crippen molar-refractivity contribution in [3.8, 4) is 5.75 Å². The monoisotopic (exact) mass is 568 g/mol. The molecule has 2 aliphatic heterocycles. The Hall–Kier alpha value is -2.36. The topological polar surface area (TPSA) is 88.3 Å². The Morgan fingerprint density at radius 1 is 1.14 bits per heavy atom. The smallest absolute Gasteiger partial charge is 0.315 e. The van der Waals surface area contributed by atoms with Crippen LogP contribution in [0.15, 0.2) is 56.8 Å². The highest BCUT2D eigenvalue weighted by atomic mass is 79.9. The summed E-state index contributed by atoms with van der Waals surface area (Å²) in [6, 6.07) is 13.4. The number of amides is 1. The van der Waals surface area contributed by atoms with Crippen molar-refractivity contribution in [1.29, 1.82) is 0 Å². The number of rotatable bonds is 2. The average Bonchev–Trinajstić information content (AvgIpc) is 3.50. The first-order valence-corrected chi connectivity index (χ1v) is 14.2. The summed E-state index contributed by atoms with van der Waals surface area (Å²) in [4.78, 5) is 43.6. The molecule has 3 heterocycles. The van der Waals surface area contributed by atoms with Gasteiger partial charge in [0, 0.05) is 31.8 Å². The Labute approximate surface area is 218 Å². The summed E-state index contributed by atoms with van der Waals surface area (Å²) in [7, 11) is 0. The molecule has 9 heteroatoms. The number of carbonyl (C=O) groups excluding carboxylic acids is 2. The lowest BCUT2D eigenvalue weighted by Gasteiger charge is -2.46. The number of fused-ring (bicyclic) bond motifs is 6. The second-order valence-electron chi connectivity index (χ2n) is 9.92. The normalized spacial score (nSPS) is 31.7. The highest BCUT2D eigenvalue weighted by molar-refractivity contribution is 9.10. The molecule has 7 atom stereocenters. The zero-order valence-corrected chi connectivity index (χ0v) is 21.8. The molecule has 0 spiro atoms. The SMILES string of the molecule is Cc1ccc(NC(=O)[C@@H]2[C@H]3C[C@H]4[C@@H]2C(=O)Oc2ccc(Br)cc2[C@@H]2c5sc(=O)[nH]c5S[C@@H]3[C@@H]24)cc1. The van der Waals surface area contributed by atoms with Crippen molar-refractivity contribution in [2.45, 2.75) is 29.5 Å². The number of aromatic amines is 1. The van der Waals surface area contributed by atoms with E-state index in [0.717, 1.165) is 37.6 Å². The van der Waals surface area contributed by atoms with Gasteiger partial charge in [0.05, 0.1) is 16.9 Å². The van der Waals surface area contributed by atoms with Crippen LogP contribution in [0.4, 0.5) is 5.69 Å². The number of ether oxygens (including phenoxy) is 1. The number of benzene rings is 2. The Morgan fingerprint density at radius 2 is 1.94 bits per heavy atom. The molecule has 2 aliphatic carbocycles. The Bertz CT molecular complexity index is 1450. The number of thioether (sulfide) groups is 1. The van der Waals surface area contributed by atoms with E-state index < -0.39 is 11.8 Å². The summed E-state index contributed by atoms with van der Waals surface area (Å²) in [6.45, 7) is 2.00. The summed E-state index contributed by atoms with van der Waals surface area (Å²) in [5, 5.41) is 4.10. The van der Waals surface area contributed by atoms with Gasteiger partial charge in [0.1, 0.15) is 5.75 Å². The minimum absolute atomic E-state index is 0.0289. The van der Waals surface area contributed by atoms with E-state index in [1.165, 1.54) is 11.3 Å². The largest absolute Gasteiger partial charge is 0.426 e. The molecule has 178 valence electrons. The van der Waals surface area contributed by atoms with E-state index in [0.29, 0.717) is 5.75 Å². The molecule has 2 saturated carbocycles. The molecule has 2 fully saturated rings. The van der Waals surface area contributed by atoms with Gasteiger partial charge in [0.15, 0.2) is 0 Å². The van der Waals surface area contributed by atoms with Crippen molar-refractivity contribution in [3.05, 3.63) is 72.6 Å². The highest BCUT2D eigenvalue weighted by Gasteiger charge is 2.67. The number of halogens is 1. The zero-order valence-electron chi connectivity index (χ0n) is 18.6. The van der Waals surface area contributed by atoms with Crippen molar-refractivity contribution in [2.75, 3.05) is 5.32 Å². The van der Waals surface area contributed by atoms with Crippen LogP contribution in [-0.2, 0) is 9.59 Å². The van der Waals surface area contributed by atoms with Crippen molar-refractivity contribution >= 4 is 56.6 Å². The third-order valence-electron chi connectivity index (χ3n) is 8.12. The Kier molecular flexibility index (Phi) is 4.89. The van der Waals surface area contributed by atoms with Gasteiger partial charge in [0.25, 0.3) is 0 Å². The Balaban J connectivity index is 1.35. The van der Waals surface area contributed by atoms with Crippen LogP contribution in [-0.4, -0.2) is 22.1 Å². The van der Waals surface area contributed by atoms with Crippen molar-refractivity contribution in [2.24, 2.45) is 29.6 Å². The maximum absolute atomic E-state index is 13.6. The van der Waals surface area contributed by atoms with Crippen LogP contribution in [0.1, 0.15) is 28.3 Å². The second kappa shape index (κ2) is 7.82. The van der Waals surface area contributed by atoms with Gasteiger partial charge in [-0.05, 0) is 61.4 Å². The number of esters is 1. The van der Waals surface area contributed by atoms with E-state index in [9.17, 15) is 14.4 Å². The Morgan fingerprint density at radius 3 is 2.74 bits per heavy atom. The fourth-order valence-corrected chi connectivity index (χ4v) is 10.1. The van der Waals surface area contributed by atoms with E-state index in [1.807, 2.05) is 49.4 Å². The minimum Gasteiger partial charge on any atom is -0.426 e. The molecule has 4 aliphatic rings. The van der Waals surface area contributed by atoms with Gasteiger partial charge < -0.3 is 15.0 Å². The van der Waals surface area contributed by atoms with Crippen molar-refractivity contribution in [3.63, 3.8) is 0 Å². The maximum Gasteiger partial charge on any atom is 0.315 e. The molecule has 2 N–H and O–H groups in total. The van der Waals surface area contributed by atoms with Gasteiger partial charge in [-0.15, -0.1) is 11.8 Å². The number of hydrogen-bond acceptors (Lipinski definition) is 6. The molecule has 1 amide bonds. The molecular weight excluding hydrogens is 548 g/mol. The molecule has 1 aromatic heterocycles. The summed E-state index contributed by atoms with van der Waals surface area (Å²) < 4.78 is 6.91. The summed E-state index contributed by atoms with van der Waals surface area (Å²) in [6.07, 6.45) is 0.813. The highest BCUT2D eigenvalue weighted by Crippen LogP contribution is 2.68. The fourth-order valence-electron chi connectivity index (χ4n) is 6.86. The van der Waals surface area contributed by atoms with E-state index in [1.54, 1.807) is 11.8 Å². The molecule has 0 saturated heterocycles. The lowest BCUT2D eigenvalue weighted by molar-refractivity contribution is -0.147. The van der Waals surface area contributed by atoms with Gasteiger partial charge in [-0.2, -0.15) is 0 Å². The summed E-state index contributed by atoms with van der Waals surface area (Å²) >= 11 is 6.52.